The van der Waals surface area contributed by atoms with E-state index in [1.54, 1.807) is 50.9 Å². The zero-order valence-corrected chi connectivity index (χ0v) is 24.5. The van der Waals surface area contributed by atoms with Crippen molar-refractivity contribution in [3.8, 4) is 5.75 Å². The van der Waals surface area contributed by atoms with Crippen LogP contribution in [0.3, 0.4) is 0 Å². The Labute approximate surface area is 240 Å². The summed E-state index contributed by atoms with van der Waals surface area (Å²) in [6.07, 6.45) is 4.85. The molecule has 1 aromatic heterocycles. The summed E-state index contributed by atoms with van der Waals surface area (Å²) in [6, 6.07) is 4.02. The molecule has 5 amide bonds. The van der Waals surface area contributed by atoms with Crippen molar-refractivity contribution in [3.05, 3.63) is 35.2 Å². The number of nitrogens with one attached hydrogen (secondary N) is 3. The molecule has 224 valence electrons. The molecule has 0 spiro atoms. The molecule has 0 unspecified atom stereocenters. The van der Waals surface area contributed by atoms with Crippen molar-refractivity contribution in [2.24, 2.45) is 5.92 Å². The van der Waals surface area contributed by atoms with Crippen LogP contribution in [0.2, 0.25) is 0 Å². The monoisotopic (exact) mass is 570 g/mol. The molecule has 4 rings (SSSR count). The van der Waals surface area contributed by atoms with Crippen LogP contribution in [0.4, 0.5) is 21.0 Å². The van der Waals surface area contributed by atoms with Gasteiger partial charge in [-0.1, -0.05) is 31.3 Å². The third kappa shape index (κ3) is 7.29. The normalized spacial score (nSPS) is 20.2. The molecule has 0 bridgehead atoms. The topological polar surface area (TPSA) is 149 Å². The van der Waals surface area contributed by atoms with Crippen molar-refractivity contribution in [1.29, 1.82) is 0 Å². The number of anilines is 2. The number of aryl methyl sites for hydroxylation is 2. The standard InChI is InChI=1S/C29H42N6O6/c1-17-14-35(18(2)16-36)27(37)23-13-22(31-28(38)30-21-9-7-6-8-10-21)11-12-24(23)40-25(17)15-34(5)29(39)32-26-19(3)33-41-20(26)4/h11-13,17-18,21,25,36H,6-10,14-16H2,1-5H3,(H,32,39)(H2,30,31,38)/t17-,18-,25+/m0/s1. The van der Waals surface area contributed by atoms with Crippen LogP contribution in [-0.4, -0.2) is 83.0 Å². The fraction of sp³-hybridized carbons (Fsp3) is 0.586. The van der Waals surface area contributed by atoms with Crippen molar-refractivity contribution in [2.45, 2.75) is 78.0 Å². The lowest BCUT2D eigenvalue weighted by atomic mass is 9.96. The number of aromatic nitrogens is 1. The van der Waals surface area contributed by atoms with Gasteiger partial charge in [-0.15, -0.1) is 0 Å². The zero-order chi connectivity index (χ0) is 29.7. The van der Waals surface area contributed by atoms with E-state index in [0.29, 0.717) is 35.1 Å². The molecule has 2 heterocycles. The molecule has 12 nitrogen and oxygen atoms in total. The average Bonchev–Trinajstić information content (AvgIpc) is 3.27. The van der Waals surface area contributed by atoms with Crippen molar-refractivity contribution in [2.75, 3.05) is 37.4 Å². The maximum absolute atomic E-state index is 13.7. The van der Waals surface area contributed by atoms with Crippen LogP contribution in [0.15, 0.2) is 22.7 Å². The lowest BCUT2D eigenvalue weighted by molar-refractivity contribution is 0.0371. The number of benzene rings is 1. The Morgan fingerprint density at radius 1 is 1.20 bits per heavy atom. The largest absolute Gasteiger partial charge is 0.487 e. The second kappa shape index (κ2) is 13.2. The number of likely N-dealkylation sites (N-methyl/N-ethyl adjacent to an activating group) is 1. The van der Waals surface area contributed by atoms with Gasteiger partial charge in [0, 0.05) is 31.2 Å². The Hall–Kier alpha value is -3.80. The van der Waals surface area contributed by atoms with E-state index in [4.69, 9.17) is 9.26 Å². The first kappa shape index (κ1) is 30.2. The minimum Gasteiger partial charge on any atom is -0.487 e. The van der Waals surface area contributed by atoms with Crippen LogP contribution in [-0.2, 0) is 0 Å². The first-order valence-electron chi connectivity index (χ1n) is 14.3. The SMILES string of the molecule is Cc1noc(C)c1NC(=O)N(C)C[C@H]1Oc2ccc(NC(=O)NC3CCCCC3)cc2C(=O)N([C@@H](C)CO)C[C@@H]1C. The Kier molecular flexibility index (Phi) is 9.74. The molecule has 1 aliphatic carbocycles. The highest BCUT2D eigenvalue weighted by molar-refractivity contribution is 5.99. The number of hydrogen-bond acceptors (Lipinski definition) is 7. The predicted molar refractivity (Wildman–Crippen MR) is 154 cm³/mol. The second-order valence-corrected chi connectivity index (χ2v) is 11.3. The number of fused-ring (bicyclic) bond motifs is 1. The van der Waals surface area contributed by atoms with Crippen molar-refractivity contribution < 1.29 is 28.8 Å². The van der Waals surface area contributed by atoms with Gasteiger partial charge in [0.1, 0.15) is 23.2 Å². The van der Waals surface area contributed by atoms with Gasteiger partial charge in [0.05, 0.1) is 24.8 Å². The first-order valence-corrected chi connectivity index (χ1v) is 14.3. The molecule has 1 aliphatic heterocycles. The molecule has 1 aromatic carbocycles. The Bertz CT molecular complexity index is 1220. The number of urea groups is 2. The summed E-state index contributed by atoms with van der Waals surface area (Å²) in [5, 5.41) is 22.5. The van der Waals surface area contributed by atoms with Gasteiger partial charge in [-0.05, 0) is 51.8 Å². The van der Waals surface area contributed by atoms with E-state index in [-0.39, 0.29) is 48.6 Å². The number of nitrogens with zero attached hydrogens (tertiary/aromatic N) is 3. The number of hydrogen-bond donors (Lipinski definition) is 4. The summed E-state index contributed by atoms with van der Waals surface area (Å²) >= 11 is 0. The molecule has 12 heteroatoms. The number of aliphatic hydroxyl groups is 1. The summed E-state index contributed by atoms with van der Waals surface area (Å²) in [7, 11) is 1.67. The van der Waals surface area contributed by atoms with E-state index >= 15 is 0 Å². The minimum absolute atomic E-state index is 0.146. The smallest absolute Gasteiger partial charge is 0.321 e. The third-order valence-electron chi connectivity index (χ3n) is 7.93. The Balaban J connectivity index is 1.53. The molecular formula is C29H42N6O6. The summed E-state index contributed by atoms with van der Waals surface area (Å²) in [5.41, 5.74) is 1.85. The first-order chi connectivity index (χ1) is 19.6. The van der Waals surface area contributed by atoms with Gasteiger partial charge < -0.3 is 40.1 Å². The lowest BCUT2D eigenvalue weighted by Gasteiger charge is -2.38. The van der Waals surface area contributed by atoms with E-state index in [1.807, 2.05) is 6.92 Å². The van der Waals surface area contributed by atoms with E-state index < -0.39 is 12.1 Å². The Morgan fingerprint density at radius 3 is 2.59 bits per heavy atom. The maximum Gasteiger partial charge on any atom is 0.321 e. The number of carbonyl (C=O) groups excluding carboxylic acids is 3. The number of rotatable bonds is 7. The fourth-order valence-corrected chi connectivity index (χ4v) is 5.33. The quantitative estimate of drug-likeness (QED) is 0.391. The molecule has 3 atom stereocenters. The molecule has 1 fully saturated rings. The second-order valence-electron chi connectivity index (χ2n) is 11.3. The van der Waals surface area contributed by atoms with Gasteiger partial charge in [-0.3, -0.25) is 4.79 Å². The third-order valence-corrected chi connectivity index (χ3v) is 7.93. The van der Waals surface area contributed by atoms with Gasteiger partial charge in [0.2, 0.25) is 0 Å². The van der Waals surface area contributed by atoms with E-state index in [2.05, 4.69) is 21.1 Å². The highest BCUT2D eigenvalue weighted by Gasteiger charge is 2.34. The summed E-state index contributed by atoms with van der Waals surface area (Å²) in [4.78, 5) is 42.5. The van der Waals surface area contributed by atoms with Crippen molar-refractivity contribution in [3.63, 3.8) is 0 Å². The summed E-state index contributed by atoms with van der Waals surface area (Å²) in [5.74, 6) is 0.388. The number of carbonyl (C=O) groups is 3. The van der Waals surface area contributed by atoms with Crippen LogP contribution in [0, 0.1) is 19.8 Å². The van der Waals surface area contributed by atoms with Gasteiger partial charge in [0.25, 0.3) is 5.91 Å². The van der Waals surface area contributed by atoms with Crippen molar-refractivity contribution >= 4 is 29.3 Å². The summed E-state index contributed by atoms with van der Waals surface area (Å²) in [6.45, 7) is 7.54. The molecule has 1 saturated carbocycles. The van der Waals surface area contributed by atoms with E-state index in [0.717, 1.165) is 25.7 Å². The highest BCUT2D eigenvalue weighted by Crippen LogP contribution is 2.31. The lowest BCUT2D eigenvalue weighted by Crippen LogP contribution is -2.50. The van der Waals surface area contributed by atoms with Crippen molar-refractivity contribution in [1.82, 2.24) is 20.3 Å². The van der Waals surface area contributed by atoms with Gasteiger partial charge in [0.15, 0.2) is 5.76 Å². The highest BCUT2D eigenvalue weighted by atomic mass is 16.5. The number of ether oxygens (including phenoxy) is 1. The molecule has 2 aromatic rings. The zero-order valence-electron chi connectivity index (χ0n) is 24.5. The van der Waals surface area contributed by atoms with Crippen LogP contribution < -0.4 is 20.7 Å². The maximum atomic E-state index is 13.7. The Morgan fingerprint density at radius 2 is 1.93 bits per heavy atom. The summed E-state index contributed by atoms with van der Waals surface area (Å²) < 4.78 is 11.5. The van der Waals surface area contributed by atoms with Crippen LogP contribution in [0.5, 0.6) is 5.75 Å². The minimum atomic E-state index is -0.468. The van der Waals surface area contributed by atoms with Crippen LogP contribution in [0.25, 0.3) is 0 Å². The fourth-order valence-electron chi connectivity index (χ4n) is 5.33. The van der Waals surface area contributed by atoms with Gasteiger partial charge in [-0.25, -0.2) is 9.59 Å². The van der Waals surface area contributed by atoms with Crippen LogP contribution in [0.1, 0.15) is 67.8 Å². The molecular weight excluding hydrogens is 528 g/mol. The van der Waals surface area contributed by atoms with Crippen LogP contribution >= 0.6 is 0 Å². The molecule has 2 aliphatic rings. The molecule has 0 radical (unpaired) electrons. The molecule has 41 heavy (non-hydrogen) atoms. The number of amides is 5. The van der Waals surface area contributed by atoms with Gasteiger partial charge >= 0.3 is 12.1 Å². The van der Waals surface area contributed by atoms with Gasteiger partial charge in [-0.2, -0.15) is 0 Å². The average molecular weight is 571 g/mol. The molecule has 4 N–H and O–H groups in total. The van der Waals surface area contributed by atoms with E-state index in [1.165, 1.54) is 11.3 Å². The van der Waals surface area contributed by atoms with E-state index in [9.17, 15) is 19.5 Å². The predicted octanol–water partition coefficient (Wildman–Crippen LogP) is 4.13. The number of aliphatic hydroxyl groups excluding tert-OH is 1. The molecule has 0 saturated heterocycles.